The smallest absolute Gasteiger partial charge is 0.225 e. The van der Waals surface area contributed by atoms with E-state index < -0.39 is 0 Å². The van der Waals surface area contributed by atoms with Crippen LogP contribution in [0.2, 0.25) is 0 Å². The second kappa shape index (κ2) is 1.88. The Kier molecular flexibility index (Phi) is 1.05. The summed E-state index contributed by atoms with van der Waals surface area (Å²) in [6, 6.07) is 7.67. The van der Waals surface area contributed by atoms with Gasteiger partial charge in [0, 0.05) is 0 Å². The Morgan fingerprint density at radius 3 is 3.00 bits per heavy atom. The predicted molar refractivity (Wildman–Crippen MR) is 38.7 cm³/mol. The van der Waals surface area contributed by atoms with Crippen LogP contribution < -0.4 is 15.8 Å². The summed E-state index contributed by atoms with van der Waals surface area (Å²) in [6.07, 6.45) is -0.377. The van der Waals surface area contributed by atoms with E-state index in [4.69, 9.17) is 10.5 Å². The Balaban J connectivity index is 2.42. The van der Waals surface area contributed by atoms with Crippen LogP contribution in [0.1, 0.15) is 0 Å². The molecule has 3 N–H and O–H groups in total. The highest BCUT2D eigenvalue weighted by molar-refractivity contribution is 5.59. The summed E-state index contributed by atoms with van der Waals surface area (Å²) in [5.74, 6) is 0.829. The molecule has 0 bridgehead atoms. The number of fused-ring (bicyclic) bond motifs is 1. The fourth-order valence-corrected chi connectivity index (χ4v) is 1.01. The molecule has 0 aliphatic carbocycles. The van der Waals surface area contributed by atoms with Crippen LogP contribution in [0.5, 0.6) is 5.75 Å². The summed E-state index contributed by atoms with van der Waals surface area (Å²) >= 11 is 0. The molecule has 1 aromatic rings. The van der Waals surface area contributed by atoms with E-state index in [0.29, 0.717) is 0 Å². The molecule has 1 atom stereocenters. The molecule has 3 heteroatoms. The first-order chi connectivity index (χ1) is 4.86. The molecule has 2 rings (SSSR count). The monoisotopic (exact) mass is 136 g/mol. The highest BCUT2D eigenvalue weighted by Gasteiger charge is 2.15. The number of nitrogens with one attached hydrogen (secondary N) is 1. The van der Waals surface area contributed by atoms with Crippen molar-refractivity contribution >= 4 is 5.69 Å². The number of para-hydroxylation sites is 2. The van der Waals surface area contributed by atoms with E-state index in [9.17, 15) is 0 Å². The van der Waals surface area contributed by atoms with Crippen LogP contribution in [0.25, 0.3) is 0 Å². The summed E-state index contributed by atoms with van der Waals surface area (Å²) < 4.78 is 5.17. The van der Waals surface area contributed by atoms with E-state index in [2.05, 4.69) is 5.32 Å². The van der Waals surface area contributed by atoms with Crippen molar-refractivity contribution in [1.29, 1.82) is 0 Å². The Bertz CT molecular complexity index is 224. The number of anilines is 1. The fraction of sp³-hybridized carbons (Fsp3) is 0.143. The minimum atomic E-state index is -0.377. The number of hydrogen-bond acceptors (Lipinski definition) is 3. The van der Waals surface area contributed by atoms with E-state index in [-0.39, 0.29) is 6.35 Å². The summed E-state index contributed by atoms with van der Waals surface area (Å²) in [5.41, 5.74) is 6.42. The van der Waals surface area contributed by atoms with Crippen LogP contribution in [-0.2, 0) is 0 Å². The first-order valence-corrected chi connectivity index (χ1v) is 3.14. The van der Waals surface area contributed by atoms with Gasteiger partial charge in [-0.25, -0.2) is 0 Å². The van der Waals surface area contributed by atoms with Crippen molar-refractivity contribution < 1.29 is 4.74 Å². The van der Waals surface area contributed by atoms with Gasteiger partial charge in [-0.15, -0.1) is 0 Å². The summed E-state index contributed by atoms with van der Waals surface area (Å²) in [6.45, 7) is 0. The van der Waals surface area contributed by atoms with E-state index in [1.807, 2.05) is 24.3 Å². The van der Waals surface area contributed by atoms with Crippen molar-refractivity contribution in [1.82, 2.24) is 0 Å². The molecule has 0 amide bonds. The molecular formula is C7H8N2O. The molecule has 0 fully saturated rings. The van der Waals surface area contributed by atoms with Gasteiger partial charge < -0.3 is 10.1 Å². The van der Waals surface area contributed by atoms with Gasteiger partial charge in [-0.1, -0.05) is 12.1 Å². The van der Waals surface area contributed by atoms with Gasteiger partial charge in [0.15, 0.2) is 0 Å². The van der Waals surface area contributed by atoms with Crippen LogP contribution in [0.15, 0.2) is 24.3 Å². The van der Waals surface area contributed by atoms with Crippen molar-refractivity contribution in [2.45, 2.75) is 6.35 Å². The van der Waals surface area contributed by atoms with E-state index in [1.54, 1.807) is 0 Å². The van der Waals surface area contributed by atoms with Gasteiger partial charge in [0.1, 0.15) is 5.75 Å². The van der Waals surface area contributed by atoms with Gasteiger partial charge in [0.05, 0.1) is 5.69 Å². The number of benzene rings is 1. The highest BCUT2D eigenvalue weighted by atomic mass is 16.5. The molecule has 0 spiro atoms. The zero-order valence-corrected chi connectivity index (χ0v) is 5.37. The third-order valence-electron chi connectivity index (χ3n) is 1.44. The predicted octanol–water partition coefficient (Wildman–Crippen LogP) is 0.733. The minimum absolute atomic E-state index is 0.377. The zero-order chi connectivity index (χ0) is 6.97. The lowest BCUT2D eigenvalue weighted by Gasteiger charge is -2.00. The molecule has 3 nitrogen and oxygen atoms in total. The molecule has 52 valence electrons. The van der Waals surface area contributed by atoms with Crippen LogP contribution in [0.3, 0.4) is 0 Å². The number of nitrogens with two attached hydrogens (primary N) is 1. The average molecular weight is 136 g/mol. The van der Waals surface area contributed by atoms with Gasteiger partial charge in [0.25, 0.3) is 0 Å². The average Bonchev–Trinajstić information content (AvgIpc) is 2.27. The lowest BCUT2D eigenvalue weighted by atomic mass is 10.3. The van der Waals surface area contributed by atoms with Crippen LogP contribution in [-0.4, -0.2) is 6.35 Å². The summed E-state index contributed by atoms with van der Waals surface area (Å²) in [4.78, 5) is 0. The fourth-order valence-electron chi connectivity index (χ4n) is 1.01. The Hall–Kier alpha value is -1.22. The van der Waals surface area contributed by atoms with E-state index in [0.717, 1.165) is 11.4 Å². The molecule has 1 aliphatic heterocycles. The highest BCUT2D eigenvalue weighted by Crippen LogP contribution is 2.29. The summed E-state index contributed by atoms with van der Waals surface area (Å²) in [7, 11) is 0. The normalized spacial score (nSPS) is 21.1. The standard InChI is InChI=1S/C7H8N2O/c8-7-9-5-3-1-2-4-6(5)10-7/h1-4,7,9H,8H2. The zero-order valence-electron chi connectivity index (χ0n) is 5.37. The van der Waals surface area contributed by atoms with Crippen LogP contribution in [0.4, 0.5) is 5.69 Å². The van der Waals surface area contributed by atoms with E-state index in [1.165, 1.54) is 0 Å². The molecule has 0 aromatic heterocycles. The van der Waals surface area contributed by atoms with Gasteiger partial charge in [-0.05, 0) is 12.1 Å². The molecule has 1 aromatic carbocycles. The molecule has 1 aliphatic rings. The molecule has 1 unspecified atom stereocenters. The number of hydrogen-bond donors (Lipinski definition) is 2. The quantitative estimate of drug-likeness (QED) is 0.552. The Morgan fingerprint density at radius 1 is 1.40 bits per heavy atom. The lowest BCUT2D eigenvalue weighted by molar-refractivity contribution is 0.262. The van der Waals surface area contributed by atoms with Crippen molar-refractivity contribution in [2.24, 2.45) is 5.73 Å². The largest absolute Gasteiger partial charge is 0.456 e. The molecular weight excluding hydrogens is 128 g/mol. The molecule has 0 saturated carbocycles. The second-order valence-corrected chi connectivity index (χ2v) is 2.18. The summed E-state index contributed by atoms with van der Waals surface area (Å²) in [5, 5.41) is 2.95. The molecule has 0 radical (unpaired) electrons. The Labute approximate surface area is 58.8 Å². The topological polar surface area (TPSA) is 47.3 Å². The van der Waals surface area contributed by atoms with E-state index >= 15 is 0 Å². The van der Waals surface area contributed by atoms with Gasteiger partial charge >= 0.3 is 0 Å². The maximum atomic E-state index is 5.45. The van der Waals surface area contributed by atoms with Gasteiger partial charge in [0.2, 0.25) is 6.35 Å². The van der Waals surface area contributed by atoms with Crippen LogP contribution >= 0.6 is 0 Å². The maximum absolute atomic E-state index is 5.45. The molecule has 10 heavy (non-hydrogen) atoms. The second-order valence-electron chi connectivity index (χ2n) is 2.18. The SMILES string of the molecule is NC1Nc2ccccc2O1. The van der Waals surface area contributed by atoms with Crippen molar-refractivity contribution in [3.8, 4) is 5.75 Å². The first-order valence-electron chi connectivity index (χ1n) is 3.14. The van der Waals surface area contributed by atoms with Gasteiger partial charge in [-0.2, -0.15) is 0 Å². The molecule has 0 saturated heterocycles. The van der Waals surface area contributed by atoms with Crippen molar-refractivity contribution in [2.75, 3.05) is 5.32 Å². The third kappa shape index (κ3) is 0.717. The van der Waals surface area contributed by atoms with Crippen LogP contribution in [0, 0.1) is 0 Å². The molecule has 1 heterocycles. The minimum Gasteiger partial charge on any atom is -0.456 e. The Morgan fingerprint density at radius 2 is 2.20 bits per heavy atom. The van der Waals surface area contributed by atoms with Crippen molar-refractivity contribution in [3.63, 3.8) is 0 Å². The maximum Gasteiger partial charge on any atom is 0.225 e. The first kappa shape index (κ1) is 5.56. The lowest BCUT2D eigenvalue weighted by Crippen LogP contribution is -2.30. The number of ether oxygens (including phenoxy) is 1. The third-order valence-corrected chi connectivity index (χ3v) is 1.44. The van der Waals surface area contributed by atoms with Gasteiger partial charge in [-0.3, -0.25) is 5.73 Å². The van der Waals surface area contributed by atoms with Crippen molar-refractivity contribution in [3.05, 3.63) is 24.3 Å². The number of rotatable bonds is 0.